The van der Waals surface area contributed by atoms with E-state index in [1.54, 1.807) is 24.1 Å². The molecule has 0 unspecified atom stereocenters. The number of aliphatic hydroxyl groups excluding tert-OH is 1. The van der Waals surface area contributed by atoms with Gasteiger partial charge in [0.1, 0.15) is 6.61 Å². The molecule has 3 nitrogen and oxygen atoms in total. The van der Waals surface area contributed by atoms with Crippen molar-refractivity contribution in [1.29, 1.82) is 0 Å². The van der Waals surface area contributed by atoms with Gasteiger partial charge in [-0.2, -0.15) is 0 Å². The van der Waals surface area contributed by atoms with Crippen molar-refractivity contribution >= 4 is 17.2 Å². The summed E-state index contributed by atoms with van der Waals surface area (Å²) in [6, 6.07) is 3.75. The summed E-state index contributed by atoms with van der Waals surface area (Å²) in [5, 5.41) is 8.56. The lowest BCUT2D eigenvalue weighted by Crippen LogP contribution is -2.32. The SMILES string of the molecule is CC(C)N(C)C(=O)c1ccc(C#CCO)s1. The molecule has 1 aromatic rings. The summed E-state index contributed by atoms with van der Waals surface area (Å²) in [7, 11) is 1.78. The number of hydrogen-bond acceptors (Lipinski definition) is 3. The fourth-order valence-corrected chi connectivity index (χ4v) is 1.92. The molecule has 1 amide bonds. The highest BCUT2D eigenvalue weighted by molar-refractivity contribution is 7.14. The van der Waals surface area contributed by atoms with Gasteiger partial charge < -0.3 is 10.0 Å². The molecule has 0 saturated heterocycles. The molecule has 0 aliphatic carbocycles. The van der Waals surface area contributed by atoms with Crippen LogP contribution in [0.1, 0.15) is 28.4 Å². The first kappa shape index (κ1) is 12.8. The number of thiophene rings is 1. The maximum Gasteiger partial charge on any atom is 0.263 e. The third-order valence-electron chi connectivity index (χ3n) is 2.20. The van der Waals surface area contributed by atoms with Gasteiger partial charge in [-0.15, -0.1) is 11.3 Å². The molecule has 1 N–H and O–H groups in total. The molecule has 0 aliphatic rings. The summed E-state index contributed by atoms with van der Waals surface area (Å²) in [5.41, 5.74) is 0. The van der Waals surface area contributed by atoms with Crippen LogP contribution in [0.25, 0.3) is 0 Å². The van der Waals surface area contributed by atoms with E-state index in [1.165, 1.54) is 11.3 Å². The molecular weight excluding hydrogens is 222 g/mol. The van der Waals surface area contributed by atoms with E-state index in [2.05, 4.69) is 11.8 Å². The second-order valence-corrected chi connectivity index (χ2v) is 4.72. The van der Waals surface area contributed by atoms with Crippen LogP contribution < -0.4 is 0 Å². The lowest BCUT2D eigenvalue weighted by atomic mass is 10.3. The van der Waals surface area contributed by atoms with E-state index >= 15 is 0 Å². The first-order chi connectivity index (χ1) is 7.56. The Morgan fingerprint density at radius 3 is 2.81 bits per heavy atom. The minimum atomic E-state index is -0.160. The molecule has 0 fully saturated rings. The maximum absolute atomic E-state index is 11.9. The molecule has 86 valence electrons. The van der Waals surface area contributed by atoms with Gasteiger partial charge in [-0.1, -0.05) is 11.8 Å². The number of carbonyl (C=O) groups is 1. The maximum atomic E-state index is 11.9. The van der Waals surface area contributed by atoms with Crippen LogP contribution >= 0.6 is 11.3 Å². The van der Waals surface area contributed by atoms with Gasteiger partial charge in [0.2, 0.25) is 0 Å². The first-order valence-electron chi connectivity index (χ1n) is 5.03. The lowest BCUT2D eigenvalue weighted by Gasteiger charge is -2.20. The molecule has 1 rings (SSSR count). The van der Waals surface area contributed by atoms with Crippen LogP contribution in [0.4, 0.5) is 0 Å². The van der Waals surface area contributed by atoms with E-state index < -0.39 is 0 Å². The molecule has 0 radical (unpaired) electrons. The van der Waals surface area contributed by atoms with Gasteiger partial charge in [-0.05, 0) is 26.0 Å². The van der Waals surface area contributed by atoms with Crippen molar-refractivity contribution in [2.24, 2.45) is 0 Å². The van der Waals surface area contributed by atoms with E-state index in [9.17, 15) is 4.79 Å². The lowest BCUT2D eigenvalue weighted by molar-refractivity contribution is 0.0760. The molecule has 0 saturated carbocycles. The van der Waals surface area contributed by atoms with E-state index in [1.807, 2.05) is 13.8 Å². The highest BCUT2D eigenvalue weighted by Gasteiger charge is 2.15. The quantitative estimate of drug-likeness (QED) is 0.793. The summed E-state index contributed by atoms with van der Waals surface area (Å²) in [6.07, 6.45) is 0. The second kappa shape index (κ2) is 5.69. The first-order valence-corrected chi connectivity index (χ1v) is 5.84. The molecule has 0 atom stereocenters. The van der Waals surface area contributed by atoms with E-state index in [0.29, 0.717) is 4.88 Å². The van der Waals surface area contributed by atoms with Crippen molar-refractivity contribution in [3.63, 3.8) is 0 Å². The van der Waals surface area contributed by atoms with Gasteiger partial charge in [-0.3, -0.25) is 4.79 Å². The number of hydrogen-bond donors (Lipinski definition) is 1. The summed E-state index contributed by atoms with van der Waals surface area (Å²) < 4.78 is 0. The Kier molecular flexibility index (Phi) is 4.53. The fraction of sp³-hybridized carbons (Fsp3) is 0.417. The number of aliphatic hydroxyl groups is 1. The molecule has 0 aromatic carbocycles. The number of amides is 1. The predicted molar refractivity (Wildman–Crippen MR) is 65.5 cm³/mol. The van der Waals surface area contributed by atoms with Crippen molar-refractivity contribution in [2.75, 3.05) is 13.7 Å². The summed E-state index contributed by atoms with van der Waals surface area (Å²) in [4.78, 5) is 15.1. The average molecular weight is 237 g/mol. The Labute approximate surface area is 99.7 Å². The van der Waals surface area contributed by atoms with Gasteiger partial charge in [0.15, 0.2) is 0 Å². The van der Waals surface area contributed by atoms with E-state index in [0.717, 1.165) is 4.88 Å². The van der Waals surface area contributed by atoms with Crippen LogP contribution in [0, 0.1) is 11.8 Å². The van der Waals surface area contributed by atoms with Crippen LogP contribution in [-0.4, -0.2) is 35.6 Å². The van der Waals surface area contributed by atoms with Crippen molar-refractivity contribution < 1.29 is 9.90 Å². The fourth-order valence-electron chi connectivity index (χ4n) is 1.05. The van der Waals surface area contributed by atoms with Gasteiger partial charge in [-0.25, -0.2) is 0 Å². The molecule has 0 aliphatic heterocycles. The highest BCUT2D eigenvalue weighted by Crippen LogP contribution is 2.17. The van der Waals surface area contributed by atoms with Crippen molar-refractivity contribution in [1.82, 2.24) is 4.90 Å². The van der Waals surface area contributed by atoms with Gasteiger partial charge in [0.25, 0.3) is 5.91 Å². The topological polar surface area (TPSA) is 40.5 Å². The Bertz CT molecular complexity index is 426. The van der Waals surface area contributed by atoms with Gasteiger partial charge in [0, 0.05) is 13.1 Å². The molecule has 0 spiro atoms. The van der Waals surface area contributed by atoms with Crippen LogP contribution in [-0.2, 0) is 0 Å². The smallest absolute Gasteiger partial charge is 0.263 e. The number of rotatable bonds is 2. The predicted octanol–water partition coefficient (Wildman–Crippen LogP) is 1.57. The normalized spacial score (nSPS) is 9.81. The average Bonchev–Trinajstić information content (AvgIpc) is 2.72. The Hall–Kier alpha value is -1.31. The summed E-state index contributed by atoms with van der Waals surface area (Å²) >= 11 is 1.35. The Balaban J connectivity index is 2.82. The largest absolute Gasteiger partial charge is 0.384 e. The zero-order valence-electron chi connectivity index (χ0n) is 9.65. The van der Waals surface area contributed by atoms with Gasteiger partial charge in [0.05, 0.1) is 9.75 Å². The minimum absolute atomic E-state index is 0.0112. The monoisotopic (exact) mass is 237 g/mol. The standard InChI is InChI=1S/C12H15NO2S/c1-9(2)13(3)12(15)11-7-6-10(16-11)5-4-8-14/h6-7,9,14H,8H2,1-3H3. The van der Waals surface area contributed by atoms with Crippen LogP contribution in [0.15, 0.2) is 12.1 Å². The molecule has 4 heteroatoms. The van der Waals surface area contributed by atoms with E-state index in [-0.39, 0.29) is 18.6 Å². The summed E-state index contributed by atoms with van der Waals surface area (Å²) in [6.45, 7) is 3.78. The van der Waals surface area contributed by atoms with Crippen molar-refractivity contribution in [3.8, 4) is 11.8 Å². The molecule has 1 aromatic heterocycles. The summed E-state index contributed by atoms with van der Waals surface area (Å²) in [5.74, 6) is 5.36. The number of nitrogens with zero attached hydrogens (tertiary/aromatic N) is 1. The third kappa shape index (κ3) is 3.09. The third-order valence-corrected chi connectivity index (χ3v) is 3.19. The van der Waals surface area contributed by atoms with Crippen LogP contribution in [0.3, 0.4) is 0 Å². The Morgan fingerprint density at radius 2 is 2.25 bits per heavy atom. The zero-order chi connectivity index (χ0) is 12.1. The van der Waals surface area contributed by atoms with Crippen molar-refractivity contribution in [3.05, 3.63) is 21.9 Å². The molecular formula is C12H15NO2S. The highest BCUT2D eigenvalue weighted by atomic mass is 32.1. The van der Waals surface area contributed by atoms with Gasteiger partial charge >= 0.3 is 0 Å². The minimum Gasteiger partial charge on any atom is -0.384 e. The number of carbonyl (C=O) groups excluding carboxylic acids is 1. The van der Waals surface area contributed by atoms with Crippen LogP contribution in [0.2, 0.25) is 0 Å². The molecule has 0 bridgehead atoms. The van der Waals surface area contributed by atoms with Crippen LogP contribution in [0.5, 0.6) is 0 Å². The second-order valence-electron chi connectivity index (χ2n) is 3.63. The van der Waals surface area contributed by atoms with Crippen molar-refractivity contribution in [2.45, 2.75) is 19.9 Å². The zero-order valence-corrected chi connectivity index (χ0v) is 10.5. The molecule has 16 heavy (non-hydrogen) atoms. The van der Waals surface area contributed by atoms with E-state index in [4.69, 9.17) is 5.11 Å². The Morgan fingerprint density at radius 1 is 1.56 bits per heavy atom. The molecule has 1 heterocycles.